The van der Waals surface area contributed by atoms with Crippen LogP contribution in [0.4, 0.5) is 0 Å². The van der Waals surface area contributed by atoms with E-state index >= 15 is 0 Å². The minimum Gasteiger partial charge on any atom is -0.385 e. The molecule has 1 N–H and O–H groups in total. The van der Waals surface area contributed by atoms with Crippen LogP contribution in [0.1, 0.15) is 11.7 Å². The van der Waals surface area contributed by atoms with Crippen molar-refractivity contribution in [1.82, 2.24) is 0 Å². The molecule has 1 aromatic rings. The predicted octanol–water partition coefficient (Wildman–Crippen LogP) is 3.94. The minimum atomic E-state index is -0.980. The zero-order chi connectivity index (χ0) is 10.0. The molecule has 0 aliphatic carbocycles. The maximum atomic E-state index is 9.58. The summed E-state index contributed by atoms with van der Waals surface area (Å²) in [5, 5.41) is 10.0. The van der Waals surface area contributed by atoms with E-state index in [4.69, 9.17) is 34.8 Å². The molecule has 0 heterocycles. The summed E-state index contributed by atoms with van der Waals surface area (Å²) in [6, 6.07) is 5.20. The summed E-state index contributed by atoms with van der Waals surface area (Å²) >= 11 is 20.2. The van der Waals surface area contributed by atoms with Crippen LogP contribution in [-0.2, 0) is 0 Å². The number of alkyl halides is 2. The number of halogens is 4. The van der Waals surface area contributed by atoms with Crippen LogP contribution in [0.15, 0.2) is 22.7 Å². The molecule has 0 aliphatic heterocycles. The fraction of sp³-hybridized carbons (Fsp3) is 0.250. The van der Waals surface area contributed by atoms with E-state index in [1.54, 1.807) is 18.2 Å². The van der Waals surface area contributed by atoms with Gasteiger partial charge in [0.1, 0.15) is 10.9 Å². The maximum Gasteiger partial charge on any atom is 0.137 e. The first-order chi connectivity index (χ1) is 6.04. The van der Waals surface area contributed by atoms with Gasteiger partial charge in [-0.3, -0.25) is 0 Å². The zero-order valence-corrected chi connectivity index (χ0v) is 10.2. The average Bonchev–Trinajstić information content (AvgIpc) is 2.03. The third-order valence-electron chi connectivity index (χ3n) is 1.53. The van der Waals surface area contributed by atoms with Gasteiger partial charge in [0.05, 0.1) is 0 Å². The fourth-order valence-electron chi connectivity index (χ4n) is 0.919. The van der Waals surface area contributed by atoms with Gasteiger partial charge in [-0.15, -0.1) is 23.2 Å². The lowest BCUT2D eigenvalue weighted by Gasteiger charge is -2.14. The van der Waals surface area contributed by atoms with Crippen molar-refractivity contribution in [3.05, 3.63) is 33.3 Å². The lowest BCUT2D eigenvalue weighted by molar-refractivity contribution is 0.192. The van der Waals surface area contributed by atoms with Crippen LogP contribution in [0, 0.1) is 0 Å². The van der Waals surface area contributed by atoms with Crippen LogP contribution in [0.3, 0.4) is 0 Å². The molecule has 1 nitrogen and oxygen atoms in total. The van der Waals surface area contributed by atoms with Gasteiger partial charge in [-0.1, -0.05) is 33.6 Å². The van der Waals surface area contributed by atoms with Crippen LogP contribution >= 0.6 is 50.7 Å². The summed E-state index contributed by atoms with van der Waals surface area (Å²) in [5.41, 5.74) is 0.513. The van der Waals surface area contributed by atoms with E-state index in [1.165, 1.54) is 0 Å². The van der Waals surface area contributed by atoms with Crippen molar-refractivity contribution in [1.29, 1.82) is 0 Å². The van der Waals surface area contributed by atoms with Gasteiger partial charge >= 0.3 is 0 Å². The van der Waals surface area contributed by atoms with Crippen LogP contribution in [0.2, 0.25) is 5.02 Å². The van der Waals surface area contributed by atoms with E-state index in [0.29, 0.717) is 15.1 Å². The number of hydrogen-bond donors (Lipinski definition) is 1. The first-order valence-corrected chi connectivity index (χ1v) is 5.48. The van der Waals surface area contributed by atoms with Crippen molar-refractivity contribution < 1.29 is 5.11 Å². The van der Waals surface area contributed by atoms with Gasteiger partial charge in [0.25, 0.3) is 0 Å². The van der Waals surface area contributed by atoms with Crippen LogP contribution in [0.5, 0.6) is 0 Å². The molecule has 72 valence electrons. The second-order valence-corrected chi connectivity index (χ2v) is 4.84. The zero-order valence-electron chi connectivity index (χ0n) is 6.35. The molecule has 0 fully saturated rings. The van der Waals surface area contributed by atoms with E-state index < -0.39 is 10.9 Å². The Morgan fingerprint density at radius 2 is 1.92 bits per heavy atom. The summed E-state index contributed by atoms with van der Waals surface area (Å²) in [4.78, 5) is -0.892. The number of aliphatic hydroxyl groups is 1. The van der Waals surface area contributed by atoms with E-state index in [-0.39, 0.29) is 0 Å². The van der Waals surface area contributed by atoms with Crippen molar-refractivity contribution in [2.75, 3.05) is 0 Å². The molecule has 0 spiro atoms. The van der Waals surface area contributed by atoms with Gasteiger partial charge in [0.2, 0.25) is 0 Å². The second kappa shape index (κ2) is 4.85. The van der Waals surface area contributed by atoms with Gasteiger partial charge in [-0.25, -0.2) is 0 Å². The largest absolute Gasteiger partial charge is 0.385 e. The Hall–Kier alpha value is 0.530. The molecule has 1 aromatic carbocycles. The Kier molecular flexibility index (Phi) is 4.33. The summed E-state index contributed by atoms with van der Waals surface area (Å²) in [5.74, 6) is 0. The maximum absolute atomic E-state index is 9.58. The Balaban J connectivity index is 3.12. The predicted molar refractivity (Wildman–Crippen MR) is 59.6 cm³/mol. The minimum absolute atomic E-state index is 0.438. The van der Waals surface area contributed by atoms with Crippen LogP contribution in [-0.4, -0.2) is 9.94 Å². The lowest BCUT2D eigenvalue weighted by Crippen LogP contribution is -2.07. The first-order valence-electron chi connectivity index (χ1n) is 3.44. The molecule has 0 aliphatic rings. The van der Waals surface area contributed by atoms with Crippen LogP contribution < -0.4 is 0 Å². The average molecular weight is 304 g/mol. The van der Waals surface area contributed by atoms with Crippen molar-refractivity contribution in [2.24, 2.45) is 0 Å². The molecule has 5 heteroatoms. The molecular weight excluding hydrogens is 298 g/mol. The molecular formula is C8H6BrCl3O. The van der Waals surface area contributed by atoms with Gasteiger partial charge in [-0.2, -0.15) is 0 Å². The number of hydrogen-bond acceptors (Lipinski definition) is 1. The van der Waals surface area contributed by atoms with Gasteiger partial charge in [-0.05, 0) is 12.1 Å². The number of benzene rings is 1. The van der Waals surface area contributed by atoms with E-state index in [2.05, 4.69) is 15.9 Å². The smallest absolute Gasteiger partial charge is 0.137 e. The molecule has 0 amide bonds. The summed E-state index contributed by atoms with van der Waals surface area (Å²) in [7, 11) is 0. The molecule has 1 rings (SSSR count). The van der Waals surface area contributed by atoms with E-state index in [0.717, 1.165) is 0 Å². The van der Waals surface area contributed by atoms with Crippen molar-refractivity contribution in [3.8, 4) is 0 Å². The molecule has 0 saturated heterocycles. The molecule has 13 heavy (non-hydrogen) atoms. The number of aliphatic hydroxyl groups excluding tert-OH is 1. The summed E-state index contributed by atoms with van der Waals surface area (Å²) < 4.78 is 0.693. The lowest BCUT2D eigenvalue weighted by atomic mass is 10.1. The van der Waals surface area contributed by atoms with E-state index in [9.17, 15) is 5.11 Å². The highest BCUT2D eigenvalue weighted by molar-refractivity contribution is 9.10. The highest BCUT2D eigenvalue weighted by atomic mass is 79.9. The highest BCUT2D eigenvalue weighted by Gasteiger charge is 2.20. The first kappa shape index (κ1) is 11.6. The third-order valence-corrected chi connectivity index (χ3v) is 3.03. The van der Waals surface area contributed by atoms with Crippen molar-refractivity contribution in [2.45, 2.75) is 10.9 Å². The fourth-order valence-corrected chi connectivity index (χ4v) is 2.17. The summed E-state index contributed by atoms with van der Waals surface area (Å²) in [6.45, 7) is 0. The summed E-state index contributed by atoms with van der Waals surface area (Å²) in [6.07, 6.45) is -0.980. The number of rotatable bonds is 2. The van der Waals surface area contributed by atoms with E-state index in [1.807, 2.05) is 0 Å². The van der Waals surface area contributed by atoms with Gasteiger partial charge in [0.15, 0.2) is 0 Å². The second-order valence-electron chi connectivity index (χ2n) is 2.41. The molecule has 0 aromatic heterocycles. The monoisotopic (exact) mass is 302 g/mol. The third kappa shape index (κ3) is 2.74. The topological polar surface area (TPSA) is 20.2 Å². The Morgan fingerprint density at radius 1 is 1.31 bits per heavy atom. The van der Waals surface area contributed by atoms with Crippen molar-refractivity contribution in [3.63, 3.8) is 0 Å². The highest BCUT2D eigenvalue weighted by Crippen LogP contribution is 2.34. The normalized spacial score (nSPS) is 13.4. The molecule has 1 atom stereocenters. The Labute approximate surface area is 99.7 Å². The Bertz CT molecular complexity index is 283. The quantitative estimate of drug-likeness (QED) is 0.821. The molecule has 0 radical (unpaired) electrons. The van der Waals surface area contributed by atoms with Gasteiger partial charge < -0.3 is 5.11 Å². The van der Waals surface area contributed by atoms with Crippen molar-refractivity contribution >= 4 is 50.7 Å². The molecule has 0 bridgehead atoms. The standard InChI is InChI=1S/C8H6BrCl3O/c9-4-2-1-3-5(10)6(4)7(13)8(11)12/h1-3,7-8,13H. The SMILES string of the molecule is OC(c1c(Cl)cccc1Br)C(Cl)Cl. The molecule has 0 saturated carbocycles. The Morgan fingerprint density at radius 3 is 2.38 bits per heavy atom. The van der Waals surface area contributed by atoms with Gasteiger partial charge in [0, 0.05) is 15.1 Å². The van der Waals surface area contributed by atoms with Crippen LogP contribution in [0.25, 0.3) is 0 Å². The molecule has 1 unspecified atom stereocenters.